The summed E-state index contributed by atoms with van der Waals surface area (Å²) in [5.74, 6) is -0.139. The van der Waals surface area contributed by atoms with Crippen molar-refractivity contribution in [2.45, 2.75) is 105 Å². The second-order valence-electron chi connectivity index (χ2n) is 13.6. The summed E-state index contributed by atoms with van der Waals surface area (Å²) in [6.45, 7) is 17.9. The van der Waals surface area contributed by atoms with Gasteiger partial charge in [-0.15, -0.1) is 5.10 Å². The van der Waals surface area contributed by atoms with Crippen molar-refractivity contribution in [3.8, 4) is 0 Å². The van der Waals surface area contributed by atoms with Crippen molar-refractivity contribution >= 4 is 29.7 Å². The van der Waals surface area contributed by atoms with Crippen molar-refractivity contribution in [2.24, 2.45) is 5.92 Å². The Labute approximate surface area is 252 Å². The number of piperidine rings is 1. The van der Waals surface area contributed by atoms with Crippen LogP contribution >= 0.6 is 0 Å². The summed E-state index contributed by atoms with van der Waals surface area (Å²) in [5.41, 5.74) is -1.44. The SMILES string of the molecule is C[C@H]1CN(c2ccncc2N(C(=O)OC(C)(C)C)C(=O)OC(C)(C)C)C[C@@H](NC(=O)OC(C)(C)C)[C@H]1n1cc(CO)nn1. The molecule has 0 saturated carbocycles. The van der Waals surface area contributed by atoms with Crippen LogP contribution in [0.3, 0.4) is 0 Å². The van der Waals surface area contributed by atoms with E-state index in [1.54, 1.807) is 85.5 Å². The topological polar surface area (TPSA) is 161 Å². The highest BCUT2D eigenvalue weighted by atomic mass is 16.6. The number of amides is 3. The minimum absolute atomic E-state index is 0.139. The van der Waals surface area contributed by atoms with Crippen LogP contribution in [0.1, 0.15) is 81.0 Å². The zero-order valence-electron chi connectivity index (χ0n) is 26.7. The van der Waals surface area contributed by atoms with E-state index >= 15 is 0 Å². The van der Waals surface area contributed by atoms with Crippen LogP contribution in [-0.2, 0) is 20.8 Å². The molecule has 14 nitrogen and oxygen atoms in total. The molecular weight excluding hydrogens is 558 g/mol. The molecule has 3 amide bonds. The van der Waals surface area contributed by atoms with Gasteiger partial charge < -0.3 is 29.5 Å². The minimum atomic E-state index is -0.915. The number of carbonyl (C=O) groups is 3. The van der Waals surface area contributed by atoms with E-state index in [0.29, 0.717) is 17.9 Å². The van der Waals surface area contributed by atoms with Gasteiger partial charge in [0.2, 0.25) is 0 Å². The number of hydrogen-bond donors (Lipinski definition) is 2. The Morgan fingerprint density at radius 1 is 0.977 bits per heavy atom. The maximum Gasteiger partial charge on any atom is 0.424 e. The number of nitrogens with zero attached hydrogens (tertiary/aromatic N) is 6. The molecular formula is C29H45N7O7. The number of imide groups is 1. The number of hydrogen-bond acceptors (Lipinski definition) is 11. The maximum absolute atomic E-state index is 13.4. The number of anilines is 2. The molecule has 3 rings (SSSR count). The number of aliphatic hydroxyl groups excluding tert-OH is 1. The van der Waals surface area contributed by atoms with Crippen LogP contribution in [0.15, 0.2) is 24.7 Å². The van der Waals surface area contributed by atoms with Gasteiger partial charge in [-0.2, -0.15) is 4.90 Å². The maximum atomic E-state index is 13.4. The average molecular weight is 604 g/mol. The van der Waals surface area contributed by atoms with Crippen LogP contribution in [0.5, 0.6) is 0 Å². The molecule has 3 heterocycles. The van der Waals surface area contributed by atoms with Gasteiger partial charge in [0.15, 0.2) is 0 Å². The largest absolute Gasteiger partial charge is 0.444 e. The number of ether oxygens (including phenoxy) is 3. The van der Waals surface area contributed by atoms with E-state index in [2.05, 4.69) is 20.6 Å². The normalized spacial score (nSPS) is 19.4. The molecule has 2 N–H and O–H groups in total. The van der Waals surface area contributed by atoms with Crippen LogP contribution in [0.25, 0.3) is 0 Å². The van der Waals surface area contributed by atoms with Crippen molar-refractivity contribution in [2.75, 3.05) is 22.9 Å². The highest BCUT2D eigenvalue weighted by Crippen LogP contribution is 2.37. The number of aromatic nitrogens is 4. The van der Waals surface area contributed by atoms with Gasteiger partial charge in [0, 0.05) is 19.3 Å². The first-order chi connectivity index (χ1) is 19.8. The molecule has 1 aliphatic heterocycles. The molecule has 0 spiro atoms. The van der Waals surface area contributed by atoms with Crippen molar-refractivity contribution < 1.29 is 33.7 Å². The molecule has 0 radical (unpaired) electrons. The van der Waals surface area contributed by atoms with E-state index in [4.69, 9.17) is 14.2 Å². The lowest BCUT2D eigenvalue weighted by molar-refractivity contribution is 0.0426. The molecule has 1 saturated heterocycles. The van der Waals surface area contributed by atoms with Gasteiger partial charge in [-0.1, -0.05) is 12.1 Å². The Hall–Kier alpha value is -3.94. The van der Waals surface area contributed by atoms with E-state index in [-0.39, 0.29) is 30.8 Å². The van der Waals surface area contributed by atoms with Gasteiger partial charge in [-0.3, -0.25) is 4.98 Å². The number of carbonyl (C=O) groups excluding carboxylic acids is 3. The Kier molecular flexibility index (Phi) is 9.94. The zero-order valence-corrected chi connectivity index (χ0v) is 26.7. The van der Waals surface area contributed by atoms with E-state index in [1.165, 1.54) is 6.20 Å². The lowest BCUT2D eigenvalue weighted by Gasteiger charge is -2.44. The summed E-state index contributed by atoms with van der Waals surface area (Å²) in [5, 5.41) is 20.8. The van der Waals surface area contributed by atoms with Crippen LogP contribution in [0.4, 0.5) is 25.8 Å². The summed E-state index contributed by atoms with van der Waals surface area (Å²) < 4.78 is 18.4. The summed E-state index contributed by atoms with van der Waals surface area (Å²) in [6.07, 6.45) is 2.16. The first kappa shape index (κ1) is 33.6. The summed E-state index contributed by atoms with van der Waals surface area (Å²) in [4.78, 5) is 46.8. The van der Waals surface area contributed by atoms with Crippen LogP contribution < -0.4 is 15.1 Å². The molecule has 1 aliphatic rings. The predicted octanol–water partition coefficient (Wildman–Crippen LogP) is 4.43. The first-order valence-electron chi connectivity index (χ1n) is 14.2. The minimum Gasteiger partial charge on any atom is -0.444 e. The predicted molar refractivity (Wildman–Crippen MR) is 159 cm³/mol. The lowest BCUT2D eigenvalue weighted by atomic mass is 9.89. The van der Waals surface area contributed by atoms with Gasteiger partial charge >= 0.3 is 18.3 Å². The molecule has 1 fully saturated rings. The van der Waals surface area contributed by atoms with Crippen molar-refractivity contribution in [3.05, 3.63) is 30.4 Å². The molecule has 2 aromatic rings. The third-order valence-electron chi connectivity index (χ3n) is 6.16. The number of rotatable bonds is 5. The fourth-order valence-corrected chi connectivity index (χ4v) is 4.74. The molecule has 14 heteroatoms. The summed E-state index contributed by atoms with van der Waals surface area (Å²) >= 11 is 0. The molecule has 43 heavy (non-hydrogen) atoms. The molecule has 2 aromatic heterocycles. The number of nitrogens with one attached hydrogen (secondary N) is 1. The highest BCUT2D eigenvalue weighted by molar-refractivity contribution is 6.11. The zero-order chi connectivity index (χ0) is 32.3. The first-order valence-corrected chi connectivity index (χ1v) is 14.2. The molecule has 0 aromatic carbocycles. The Morgan fingerprint density at radius 3 is 2.07 bits per heavy atom. The quantitative estimate of drug-likeness (QED) is 0.465. The van der Waals surface area contributed by atoms with Crippen molar-refractivity contribution in [1.82, 2.24) is 25.3 Å². The van der Waals surface area contributed by atoms with E-state index < -0.39 is 41.1 Å². The molecule has 0 aliphatic carbocycles. The van der Waals surface area contributed by atoms with Gasteiger partial charge in [0.1, 0.15) is 28.2 Å². The van der Waals surface area contributed by atoms with Crippen LogP contribution in [0, 0.1) is 5.92 Å². The summed E-state index contributed by atoms with van der Waals surface area (Å²) in [7, 11) is 0. The third kappa shape index (κ3) is 9.27. The fourth-order valence-electron chi connectivity index (χ4n) is 4.74. The average Bonchev–Trinajstić information content (AvgIpc) is 3.29. The standard InChI is InChI=1S/C29H45N7O7/c1-18-14-34(16-20(31-24(38)41-27(2,3)4)23(18)35-15-19(17-37)32-33-35)21-11-12-30-13-22(21)36(25(39)42-28(5,6)7)26(40)43-29(8,9)10/h11-13,15,18,20,23,37H,14,16-17H2,1-10H3,(H,31,38)/t18-,20+,23-/m0/s1. The molecule has 3 atom stereocenters. The van der Waals surface area contributed by atoms with E-state index in [9.17, 15) is 19.5 Å². The van der Waals surface area contributed by atoms with E-state index in [0.717, 1.165) is 4.90 Å². The molecule has 0 bridgehead atoms. The van der Waals surface area contributed by atoms with Crippen molar-refractivity contribution in [3.63, 3.8) is 0 Å². The Bertz CT molecular complexity index is 1270. The van der Waals surface area contributed by atoms with Crippen LogP contribution in [-0.4, -0.2) is 79.3 Å². The fraction of sp³-hybridized carbons (Fsp3) is 0.655. The Balaban J connectivity index is 2.05. The number of alkyl carbamates (subject to hydrolysis) is 1. The second kappa shape index (κ2) is 12.7. The van der Waals surface area contributed by atoms with Gasteiger partial charge in [0.05, 0.1) is 36.8 Å². The number of pyridine rings is 1. The van der Waals surface area contributed by atoms with Crippen molar-refractivity contribution in [1.29, 1.82) is 0 Å². The van der Waals surface area contributed by atoms with Gasteiger partial charge in [0.25, 0.3) is 0 Å². The van der Waals surface area contributed by atoms with E-state index in [1.807, 2.05) is 11.8 Å². The van der Waals surface area contributed by atoms with Gasteiger partial charge in [-0.25, -0.2) is 19.1 Å². The van der Waals surface area contributed by atoms with Gasteiger partial charge in [-0.05, 0) is 74.3 Å². The third-order valence-corrected chi connectivity index (χ3v) is 6.16. The second-order valence-corrected chi connectivity index (χ2v) is 13.6. The van der Waals surface area contributed by atoms with Crippen LogP contribution in [0.2, 0.25) is 0 Å². The highest BCUT2D eigenvalue weighted by Gasteiger charge is 2.41. The Morgan fingerprint density at radius 2 is 1.56 bits per heavy atom. The lowest BCUT2D eigenvalue weighted by Crippen LogP contribution is -2.57. The summed E-state index contributed by atoms with van der Waals surface area (Å²) in [6, 6.07) is 0.785. The monoisotopic (exact) mass is 603 g/mol. The smallest absolute Gasteiger partial charge is 0.424 e. The number of aliphatic hydroxyl groups is 1. The molecule has 238 valence electrons. The molecule has 0 unspecified atom stereocenters.